The highest BCUT2D eigenvalue weighted by molar-refractivity contribution is 6.15. The minimum atomic E-state index is -0.511. The van der Waals surface area contributed by atoms with Crippen molar-refractivity contribution in [2.24, 2.45) is 4.99 Å². The molecule has 3 rings (SSSR count). The van der Waals surface area contributed by atoms with Crippen LogP contribution in [0, 0.1) is 0 Å². The van der Waals surface area contributed by atoms with E-state index in [4.69, 9.17) is 0 Å². The first-order valence-corrected chi connectivity index (χ1v) is 5.83. The summed E-state index contributed by atoms with van der Waals surface area (Å²) in [5.74, 6) is 0. The maximum atomic E-state index is 9.66. The second-order valence-corrected chi connectivity index (χ2v) is 4.13. The Bertz CT molecular complexity index is 543. The predicted molar refractivity (Wildman–Crippen MR) is 69.8 cm³/mol. The van der Waals surface area contributed by atoms with Crippen LogP contribution in [0.2, 0.25) is 0 Å². The van der Waals surface area contributed by atoms with Crippen LogP contribution in [0.15, 0.2) is 53.2 Å². The van der Waals surface area contributed by atoms with Crippen LogP contribution in [-0.2, 0) is 0 Å². The molecule has 0 bridgehead atoms. The fraction of sp³-hybridized carbons (Fsp3) is 0.214. The molecule has 1 aliphatic heterocycles. The fourth-order valence-corrected chi connectivity index (χ4v) is 2.29. The third kappa shape index (κ3) is 1.59. The Labute approximate surface area is 100 Å². The van der Waals surface area contributed by atoms with Crippen molar-refractivity contribution in [3.05, 3.63) is 48.2 Å². The van der Waals surface area contributed by atoms with Crippen LogP contribution >= 0.6 is 0 Å². The first-order valence-electron chi connectivity index (χ1n) is 5.83. The summed E-state index contributed by atoms with van der Waals surface area (Å²) in [5.41, 5.74) is 4.02. The minimum absolute atomic E-state index is 0.511. The van der Waals surface area contributed by atoms with Crippen LogP contribution in [0.25, 0.3) is 0 Å². The molecule has 1 aliphatic carbocycles. The van der Waals surface area contributed by atoms with Gasteiger partial charge in [-0.1, -0.05) is 18.2 Å². The Morgan fingerprint density at radius 1 is 1.35 bits per heavy atom. The van der Waals surface area contributed by atoms with E-state index in [-0.39, 0.29) is 0 Å². The summed E-state index contributed by atoms with van der Waals surface area (Å²) in [6.07, 6.45) is 4.98. The van der Waals surface area contributed by atoms with Gasteiger partial charge in [0.1, 0.15) is 0 Å². The number of aliphatic hydroxyl groups is 1. The molecule has 0 radical (unpaired) electrons. The Morgan fingerprint density at radius 2 is 2.18 bits per heavy atom. The standard InChI is InChI=1S/C14H14N2O/c1-2-16-13-6-4-3-5-11(13)15-12-8-7-10(17)9-14(12)16/h3-10,17H,2H2,1H3. The maximum Gasteiger partial charge on any atom is 0.0930 e. The van der Waals surface area contributed by atoms with Gasteiger partial charge in [-0.25, -0.2) is 4.99 Å². The summed E-state index contributed by atoms with van der Waals surface area (Å²) in [4.78, 5) is 6.79. The van der Waals surface area contributed by atoms with Crippen molar-refractivity contribution < 1.29 is 5.11 Å². The number of fused-ring (bicyclic) bond motifs is 2. The van der Waals surface area contributed by atoms with Gasteiger partial charge in [0, 0.05) is 6.54 Å². The summed E-state index contributed by atoms with van der Waals surface area (Å²) < 4.78 is 0. The van der Waals surface area contributed by atoms with Gasteiger partial charge in [-0.15, -0.1) is 0 Å². The molecule has 0 spiro atoms. The Morgan fingerprint density at radius 3 is 3.00 bits per heavy atom. The monoisotopic (exact) mass is 226 g/mol. The second kappa shape index (κ2) is 3.86. The smallest absolute Gasteiger partial charge is 0.0930 e. The van der Waals surface area contributed by atoms with Gasteiger partial charge in [0.2, 0.25) is 0 Å². The lowest BCUT2D eigenvalue weighted by Crippen LogP contribution is -2.31. The Balaban J connectivity index is 2.18. The second-order valence-electron chi connectivity index (χ2n) is 4.13. The molecule has 0 aromatic heterocycles. The van der Waals surface area contributed by atoms with Crippen LogP contribution in [0.5, 0.6) is 0 Å². The largest absolute Gasteiger partial charge is 0.385 e. The van der Waals surface area contributed by atoms with Crippen molar-refractivity contribution in [3.63, 3.8) is 0 Å². The number of hydrogen-bond donors (Lipinski definition) is 1. The number of rotatable bonds is 1. The molecular formula is C14H14N2O. The van der Waals surface area contributed by atoms with E-state index in [2.05, 4.69) is 22.9 Å². The molecule has 1 unspecified atom stereocenters. The normalized spacial score (nSPS) is 21.5. The number of nitrogens with zero attached hydrogens (tertiary/aromatic N) is 2. The van der Waals surface area contributed by atoms with Crippen molar-refractivity contribution in [1.29, 1.82) is 0 Å². The van der Waals surface area contributed by atoms with E-state index in [0.717, 1.165) is 29.3 Å². The molecule has 17 heavy (non-hydrogen) atoms. The molecule has 1 aromatic rings. The van der Waals surface area contributed by atoms with Crippen LogP contribution < -0.4 is 4.90 Å². The van der Waals surface area contributed by atoms with Crippen molar-refractivity contribution in [3.8, 4) is 0 Å². The van der Waals surface area contributed by atoms with Gasteiger partial charge < -0.3 is 10.0 Å². The molecule has 2 aliphatic rings. The zero-order valence-electron chi connectivity index (χ0n) is 9.67. The van der Waals surface area contributed by atoms with E-state index in [0.29, 0.717) is 0 Å². The summed E-state index contributed by atoms with van der Waals surface area (Å²) >= 11 is 0. The van der Waals surface area contributed by atoms with E-state index in [1.807, 2.05) is 30.4 Å². The molecule has 1 heterocycles. The number of aliphatic imine (C=N–C) groups is 1. The van der Waals surface area contributed by atoms with E-state index in [1.54, 1.807) is 6.08 Å². The summed E-state index contributed by atoms with van der Waals surface area (Å²) in [5, 5.41) is 9.66. The molecule has 0 fully saturated rings. The molecule has 1 N–H and O–H groups in total. The van der Waals surface area contributed by atoms with Crippen molar-refractivity contribution in [2.45, 2.75) is 13.0 Å². The lowest BCUT2D eigenvalue weighted by molar-refractivity contribution is 0.270. The highest BCUT2D eigenvalue weighted by Crippen LogP contribution is 2.36. The maximum absolute atomic E-state index is 9.66. The Hall–Kier alpha value is -1.87. The van der Waals surface area contributed by atoms with Gasteiger partial charge >= 0.3 is 0 Å². The zero-order chi connectivity index (χ0) is 11.8. The van der Waals surface area contributed by atoms with Crippen LogP contribution in [0.1, 0.15) is 6.92 Å². The molecule has 3 nitrogen and oxygen atoms in total. The van der Waals surface area contributed by atoms with Crippen molar-refractivity contribution in [1.82, 2.24) is 0 Å². The average Bonchev–Trinajstić information content (AvgIpc) is 2.36. The molecule has 0 saturated carbocycles. The van der Waals surface area contributed by atoms with Gasteiger partial charge in [-0.2, -0.15) is 0 Å². The van der Waals surface area contributed by atoms with Gasteiger partial charge in [-0.05, 0) is 31.2 Å². The molecular weight excluding hydrogens is 212 g/mol. The van der Waals surface area contributed by atoms with Crippen LogP contribution in [-0.4, -0.2) is 23.5 Å². The molecule has 0 amide bonds. The Kier molecular flexibility index (Phi) is 2.34. The highest BCUT2D eigenvalue weighted by atomic mass is 16.3. The van der Waals surface area contributed by atoms with Crippen LogP contribution in [0.3, 0.4) is 0 Å². The molecule has 1 atom stereocenters. The van der Waals surface area contributed by atoms with Gasteiger partial charge in [0.05, 0.1) is 28.9 Å². The lowest BCUT2D eigenvalue weighted by Gasteiger charge is -2.32. The third-order valence-electron chi connectivity index (χ3n) is 3.06. The van der Waals surface area contributed by atoms with E-state index in [9.17, 15) is 5.11 Å². The van der Waals surface area contributed by atoms with E-state index < -0.39 is 6.10 Å². The fourth-order valence-electron chi connectivity index (χ4n) is 2.29. The molecule has 86 valence electrons. The predicted octanol–water partition coefficient (Wildman–Crippen LogP) is 2.41. The van der Waals surface area contributed by atoms with Crippen LogP contribution in [0.4, 0.5) is 11.4 Å². The minimum Gasteiger partial charge on any atom is -0.385 e. The van der Waals surface area contributed by atoms with Gasteiger partial charge in [0.25, 0.3) is 0 Å². The number of benzene rings is 1. The SMILES string of the molecule is CCN1C2=CC(O)C=CC2=Nc2ccccc21. The molecule has 3 heteroatoms. The lowest BCUT2D eigenvalue weighted by atomic mass is 10.0. The van der Waals surface area contributed by atoms with E-state index >= 15 is 0 Å². The number of anilines is 1. The van der Waals surface area contributed by atoms with E-state index in [1.165, 1.54) is 0 Å². The van der Waals surface area contributed by atoms with Gasteiger partial charge in [-0.3, -0.25) is 0 Å². The first kappa shape index (κ1) is 10.3. The highest BCUT2D eigenvalue weighted by Gasteiger charge is 2.24. The average molecular weight is 226 g/mol. The number of aliphatic hydroxyl groups excluding tert-OH is 1. The topological polar surface area (TPSA) is 35.8 Å². The zero-order valence-corrected chi connectivity index (χ0v) is 9.67. The number of hydrogen-bond acceptors (Lipinski definition) is 3. The van der Waals surface area contributed by atoms with Crippen molar-refractivity contribution >= 4 is 17.1 Å². The van der Waals surface area contributed by atoms with Crippen molar-refractivity contribution in [2.75, 3.05) is 11.4 Å². The summed E-state index contributed by atoms with van der Waals surface area (Å²) in [6, 6.07) is 8.08. The summed E-state index contributed by atoms with van der Waals surface area (Å²) in [6.45, 7) is 2.97. The molecule has 0 saturated heterocycles. The molecule has 1 aromatic carbocycles. The quantitative estimate of drug-likeness (QED) is 0.798. The van der Waals surface area contributed by atoms with Gasteiger partial charge in [0.15, 0.2) is 0 Å². The number of para-hydroxylation sites is 2. The first-order chi connectivity index (χ1) is 8.29. The third-order valence-corrected chi connectivity index (χ3v) is 3.06. The number of allylic oxidation sites excluding steroid dienone is 1. The summed E-state index contributed by atoms with van der Waals surface area (Å²) in [7, 11) is 0.